The normalized spacial score (nSPS) is 18.6. The van der Waals surface area contributed by atoms with Gasteiger partial charge in [-0.3, -0.25) is 9.59 Å². The molecule has 0 aromatic rings. The van der Waals surface area contributed by atoms with Gasteiger partial charge in [-0.15, -0.1) is 0 Å². The summed E-state index contributed by atoms with van der Waals surface area (Å²) in [6, 6.07) is 0. The Labute approximate surface area is 78.1 Å². The van der Waals surface area contributed by atoms with Crippen molar-refractivity contribution in [3.63, 3.8) is 0 Å². The molecule has 0 spiro atoms. The fourth-order valence-electron chi connectivity index (χ4n) is 1.62. The van der Waals surface area contributed by atoms with Crippen LogP contribution in [0.25, 0.3) is 0 Å². The van der Waals surface area contributed by atoms with Crippen LogP contribution in [0.3, 0.4) is 0 Å². The van der Waals surface area contributed by atoms with Gasteiger partial charge in [-0.1, -0.05) is 0 Å². The molecule has 0 aromatic heterocycles. The predicted molar refractivity (Wildman–Crippen MR) is 49.1 cm³/mol. The first-order chi connectivity index (χ1) is 6.04. The lowest BCUT2D eigenvalue weighted by atomic mass is 9.76. The summed E-state index contributed by atoms with van der Waals surface area (Å²) >= 11 is 0. The van der Waals surface area contributed by atoms with Gasteiger partial charge in [0.1, 0.15) is 0 Å². The zero-order valence-electron chi connectivity index (χ0n) is 8.14. The average Bonchev–Trinajstić information content (AvgIpc) is 1.93. The molecular formula is C9H16N2O2. The van der Waals surface area contributed by atoms with Gasteiger partial charge >= 0.3 is 0 Å². The van der Waals surface area contributed by atoms with Crippen molar-refractivity contribution < 1.29 is 9.59 Å². The molecule has 4 nitrogen and oxygen atoms in total. The van der Waals surface area contributed by atoms with Gasteiger partial charge in [0.25, 0.3) is 0 Å². The van der Waals surface area contributed by atoms with E-state index in [9.17, 15) is 9.59 Å². The second-order valence-electron chi connectivity index (χ2n) is 3.72. The molecule has 13 heavy (non-hydrogen) atoms. The molecule has 0 bridgehead atoms. The summed E-state index contributed by atoms with van der Waals surface area (Å²) in [5.74, 6) is -0.0679. The zero-order chi connectivity index (χ0) is 9.90. The lowest BCUT2D eigenvalue weighted by Gasteiger charge is -2.42. The van der Waals surface area contributed by atoms with E-state index in [4.69, 9.17) is 0 Å². The second kappa shape index (κ2) is 3.77. The van der Waals surface area contributed by atoms with Crippen LogP contribution in [0.5, 0.6) is 0 Å². The van der Waals surface area contributed by atoms with E-state index in [-0.39, 0.29) is 17.4 Å². The topological polar surface area (TPSA) is 58.2 Å². The Bertz CT molecular complexity index is 222. The molecule has 0 aromatic carbocycles. The molecule has 1 aliphatic rings. The highest BCUT2D eigenvalue weighted by Crippen LogP contribution is 2.30. The molecule has 2 N–H and O–H groups in total. The quantitative estimate of drug-likeness (QED) is 0.657. The lowest BCUT2D eigenvalue weighted by Crippen LogP contribution is -2.59. The minimum absolute atomic E-state index is 0.0231. The lowest BCUT2D eigenvalue weighted by molar-refractivity contribution is -0.124. The van der Waals surface area contributed by atoms with Crippen LogP contribution in [0.4, 0.5) is 0 Å². The Morgan fingerprint density at radius 3 is 2.15 bits per heavy atom. The van der Waals surface area contributed by atoms with Crippen LogP contribution in [-0.4, -0.2) is 23.9 Å². The van der Waals surface area contributed by atoms with Crippen LogP contribution in [0.1, 0.15) is 33.1 Å². The Morgan fingerprint density at radius 1 is 1.23 bits per heavy atom. The van der Waals surface area contributed by atoms with Crippen LogP contribution >= 0.6 is 0 Å². The maximum absolute atomic E-state index is 10.9. The maximum Gasteiger partial charge on any atom is 0.217 e. The monoisotopic (exact) mass is 184 g/mol. The molecular weight excluding hydrogens is 168 g/mol. The fraction of sp³-hybridized carbons (Fsp3) is 0.778. The smallest absolute Gasteiger partial charge is 0.217 e. The fourth-order valence-corrected chi connectivity index (χ4v) is 1.62. The molecule has 2 amide bonds. The average molecular weight is 184 g/mol. The van der Waals surface area contributed by atoms with Gasteiger partial charge in [-0.25, -0.2) is 0 Å². The molecule has 0 heterocycles. The maximum atomic E-state index is 10.9. The van der Waals surface area contributed by atoms with E-state index in [1.807, 2.05) is 0 Å². The summed E-state index contributed by atoms with van der Waals surface area (Å²) in [5, 5.41) is 5.63. The van der Waals surface area contributed by atoms with Crippen molar-refractivity contribution >= 4 is 11.8 Å². The van der Waals surface area contributed by atoms with Gasteiger partial charge in [0.2, 0.25) is 11.8 Å². The summed E-state index contributed by atoms with van der Waals surface area (Å²) < 4.78 is 0. The van der Waals surface area contributed by atoms with Crippen molar-refractivity contribution in [1.82, 2.24) is 10.6 Å². The standard InChI is InChI=1S/C9H16N2O2/c1-7(12)10-6-9(4-3-5-9)11-8(2)13/h3-6H2,1-2H3,(H,10,12)(H,11,13). The largest absolute Gasteiger partial charge is 0.354 e. The molecule has 0 radical (unpaired) electrons. The van der Waals surface area contributed by atoms with E-state index < -0.39 is 0 Å². The van der Waals surface area contributed by atoms with E-state index in [1.165, 1.54) is 13.8 Å². The Morgan fingerprint density at radius 2 is 1.85 bits per heavy atom. The van der Waals surface area contributed by atoms with Gasteiger partial charge in [-0.2, -0.15) is 0 Å². The third-order valence-corrected chi connectivity index (χ3v) is 2.43. The van der Waals surface area contributed by atoms with E-state index in [1.54, 1.807) is 0 Å². The second-order valence-corrected chi connectivity index (χ2v) is 3.72. The van der Waals surface area contributed by atoms with Gasteiger partial charge in [0.05, 0.1) is 5.54 Å². The van der Waals surface area contributed by atoms with Crippen LogP contribution in [0, 0.1) is 0 Å². The SMILES string of the molecule is CC(=O)NCC1(NC(C)=O)CCC1. The molecule has 1 aliphatic carbocycles. The summed E-state index contributed by atoms with van der Waals surface area (Å²) in [4.78, 5) is 21.6. The van der Waals surface area contributed by atoms with Crippen molar-refractivity contribution in [3.8, 4) is 0 Å². The molecule has 0 atom stereocenters. The van der Waals surface area contributed by atoms with Gasteiger partial charge < -0.3 is 10.6 Å². The third kappa shape index (κ3) is 2.72. The van der Waals surface area contributed by atoms with Gasteiger partial charge in [-0.05, 0) is 19.3 Å². The van der Waals surface area contributed by atoms with Gasteiger partial charge in [0.15, 0.2) is 0 Å². The van der Waals surface area contributed by atoms with E-state index in [0.717, 1.165) is 19.3 Å². The highest BCUT2D eigenvalue weighted by atomic mass is 16.2. The number of carbonyl (C=O) groups is 2. The minimum atomic E-state index is -0.155. The van der Waals surface area contributed by atoms with Crippen LogP contribution in [0.15, 0.2) is 0 Å². The zero-order valence-corrected chi connectivity index (χ0v) is 8.14. The number of amides is 2. The first kappa shape index (κ1) is 10.0. The number of hydrogen-bond acceptors (Lipinski definition) is 2. The number of carbonyl (C=O) groups excluding carboxylic acids is 2. The first-order valence-electron chi connectivity index (χ1n) is 4.57. The van der Waals surface area contributed by atoms with E-state index in [2.05, 4.69) is 10.6 Å². The number of rotatable bonds is 3. The molecule has 0 unspecified atom stereocenters. The van der Waals surface area contributed by atoms with E-state index in [0.29, 0.717) is 6.54 Å². The summed E-state index contributed by atoms with van der Waals surface area (Å²) in [6.45, 7) is 3.55. The first-order valence-corrected chi connectivity index (χ1v) is 4.57. The molecule has 1 saturated carbocycles. The number of hydrogen-bond donors (Lipinski definition) is 2. The van der Waals surface area contributed by atoms with Crippen molar-refractivity contribution in [3.05, 3.63) is 0 Å². The van der Waals surface area contributed by atoms with Crippen LogP contribution in [0.2, 0.25) is 0 Å². The van der Waals surface area contributed by atoms with Crippen molar-refractivity contribution in [2.75, 3.05) is 6.54 Å². The highest BCUT2D eigenvalue weighted by molar-refractivity contribution is 5.75. The van der Waals surface area contributed by atoms with Crippen molar-refractivity contribution in [2.45, 2.75) is 38.6 Å². The summed E-state index contributed by atoms with van der Waals surface area (Å²) in [6.07, 6.45) is 3.06. The summed E-state index contributed by atoms with van der Waals surface area (Å²) in [7, 11) is 0. The Hall–Kier alpha value is -1.06. The van der Waals surface area contributed by atoms with Crippen molar-refractivity contribution in [2.24, 2.45) is 0 Å². The molecule has 4 heteroatoms. The molecule has 0 saturated heterocycles. The van der Waals surface area contributed by atoms with Crippen LogP contribution < -0.4 is 10.6 Å². The minimum Gasteiger partial charge on any atom is -0.354 e. The Kier molecular flexibility index (Phi) is 2.90. The van der Waals surface area contributed by atoms with Gasteiger partial charge in [0, 0.05) is 20.4 Å². The molecule has 1 fully saturated rings. The van der Waals surface area contributed by atoms with E-state index >= 15 is 0 Å². The third-order valence-electron chi connectivity index (χ3n) is 2.43. The van der Waals surface area contributed by atoms with Crippen LogP contribution in [-0.2, 0) is 9.59 Å². The number of nitrogens with one attached hydrogen (secondary N) is 2. The predicted octanol–water partition coefficient (Wildman–Crippen LogP) is 0.181. The molecule has 0 aliphatic heterocycles. The molecule has 1 rings (SSSR count). The highest BCUT2D eigenvalue weighted by Gasteiger charge is 2.37. The van der Waals surface area contributed by atoms with Crippen molar-refractivity contribution in [1.29, 1.82) is 0 Å². The molecule has 74 valence electrons. The Balaban J connectivity index is 2.40. The summed E-state index contributed by atoms with van der Waals surface area (Å²) in [5.41, 5.74) is -0.155.